The molecule has 112 valence electrons. The van der Waals surface area contributed by atoms with Crippen molar-refractivity contribution in [1.82, 2.24) is 0 Å². The Kier molecular flexibility index (Phi) is 5.50. The highest BCUT2D eigenvalue weighted by Crippen LogP contribution is 2.36. The van der Waals surface area contributed by atoms with Gasteiger partial charge in [-0.05, 0) is 31.0 Å². The number of aliphatic hydroxyl groups excluding tert-OH is 1. The van der Waals surface area contributed by atoms with E-state index in [1.54, 1.807) is 6.92 Å². The fourth-order valence-corrected chi connectivity index (χ4v) is 1.71. The second-order valence-electron chi connectivity index (χ2n) is 4.09. The van der Waals surface area contributed by atoms with Gasteiger partial charge in [0.05, 0.1) is 18.3 Å². The summed E-state index contributed by atoms with van der Waals surface area (Å²) < 4.78 is 55.7. The highest BCUT2D eigenvalue weighted by Gasteiger charge is 2.35. The third kappa shape index (κ3) is 4.48. The average molecular weight is 294 g/mol. The first-order valence-electron chi connectivity index (χ1n) is 5.96. The van der Waals surface area contributed by atoms with Gasteiger partial charge in [-0.3, -0.25) is 4.79 Å². The molecule has 3 nitrogen and oxygen atoms in total. The lowest BCUT2D eigenvalue weighted by Gasteiger charge is -2.17. The molecule has 1 rings (SSSR count). The van der Waals surface area contributed by atoms with Crippen molar-refractivity contribution >= 4 is 5.97 Å². The summed E-state index contributed by atoms with van der Waals surface area (Å²) in [6, 6.07) is 2.02. The van der Waals surface area contributed by atoms with Gasteiger partial charge < -0.3 is 9.84 Å². The van der Waals surface area contributed by atoms with Gasteiger partial charge in [0, 0.05) is 6.42 Å². The molecule has 0 aromatic heterocycles. The fourth-order valence-electron chi connectivity index (χ4n) is 1.71. The van der Waals surface area contributed by atoms with E-state index in [4.69, 9.17) is 0 Å². The Morgan fingerprint density at radius 3 is 2.60 bits per heavy atom. The molecule has 0 spiro atoms. The SMILES string of the molecule is CCOC(=O)CCC(O)c1ccc(F)cc1C(F)(F)F. The van der Waals surface area contributed by atoms with Crippen molar-refractivity contribution < 1.29 is 32.2 Å². The molecule has 0 bridgehead atoms. The number of rotatable bonds is 5. The number of alkyl halides is 3. The van der Waals surface area contributed by atoms with Gasteiger partial charge in [0.1, 0.15) is 5.82 Å². The highest BCUT2D eigenvalue weighted by molar-refractivity contribution is 5.69. The molecule has 7 heteroatoms. The topological polar surface area (TPSA) is 46.5 Å². The van der Waals surface area contributed by atoms with Gasteiger partial charge in [-0.1, -0.05) is 6.07 Å². The largest absolute Gasteiger partial charge is 0.466 e. The van der Waals surface area contributed by atoms with Crippen LogP contribution in [0, 0.1) is 5.82 Å². The van der Waals surface area contributed by atoms with Crippen LogP contribution in [0.5, 0.6) is 0 Å². The van der Waals surface area contributed by atoms with Crippen LogP contribution in [-0.4, -0.2) is 17.7 Å². The molecule has 0 radical (unpaired) electrons. The third-order valence-corrected chi connectivity index (χ3v) is 2.61. The number of aliphatic hydroxyl groups is 1. The molecule has 1 aromatic carbocycles. The van der Waals surface area contributed by atoms with Gasteiger partial charge in [0.15, 0.2) is 0 Å². The number of benzene rings is 1. The van der Waals surface area contributed by atoms with E-state index in [1.807, 2.05) is 0 Å². The van der Waals surface area contributed by atoms with Crippen LogP contribution in [-0.2, 0) is 15.7 Å². The molecule has 1 unspecified atom stereocenters. The quantitative estimate of drug-likeness (QED) is 0.670. The van der Waals surface area contributed by atoms with E-state index in [0.717, 1.165) is 12.1 Å². The highest BCUT2D eigenvalue weighted by atomic mass is 19.4. The number of esters is 1. The van der Waals surface area contributed by atoms with Crippen molar-refractivity contribution in [3.8, 4) is 0 Å². The summed E-state index contributed by atoms with van der Waals surface area (Å²) in [6.07, 6.45) is -6.74. The van der Waals surface area contributed by atoms with Crippen LogP contribution in [0.15, 0.2) is 18.2 Å². The third-order valence-electron chi connectivity index (χ3n) is 2.61. The zero-order chi connectivity index (χ0) is 15.3. The fraction of sp³-hybridized carbons (Fsp3) is 0.462. The van der Waals surface area contributed by atoms with Gasteiger partial charge in [-0.2, -0.15) is 13.2 Å². The molecule has 1 aromatic rings. The van der Waals surface area contributed by atoms with Crippen LogP contribution in [0.3, 0.4) is 0 Å². The van der Waals surface area contributed by atoms with Crippen molar-refractivity contribution in [2.45, 2.75) is 32.0 Å². The molecule has 0 aliphatic carbocycles. The predicted molar refractivity (Wildman–Crippen MR) is 62.2 cm³/mol. The second-order valence-corrected chi connectivity index (χ2v) is 4.09. The Morgan fingerprint density at radius 2 is 2.05 bits per heavy atom. The summed E-state index contributed by atoms with van der Waals surface area (Å²) >= 11 is 0. The number of carbonyl (C=O) groups is 1. The van der Waals surface area contributed by atoms with Gasteiger partial charge in [-0.15, -0.1) is 0 Å². The number of hydrogen-bond donors (Lipinski definition) is 1. The van der Waals surface area contributed by atoms with E-state index in [2.05, 4.69) is 4.74 Å². The van der Waals surface area contributed by atoms with Crippen LogP contribution in [0.4, 0.5) is 17.6 Å². The van der Waals surface area contributed by atoms with Crippen LogP contribution in [0.25, 0.3) is 0 Å². The van der Waals surface area contributed by atoms with E-state index >= 15 is 0 Å². The summed E-state index contributed by atoms with van der Waals surface area (Å²) in [4.78, 5) is 11.1. The van der Waals surface area contributed by atoms with Crippen LogP contribution in [0.1, 0.15) is 37.0 Å². The molecule has 20 heavy (non-hydrogen) atoms. The summed E-state index contributed by atoms with van der Waals surface area (Å²) in [5, 5.41) is 9.74. The second kappa shape index (κ2) is 6.69. The molecule has 0 saturated carbocycles. The van der Waals surface area contributed by atoms with E-state index < -0.39 is 35.2 Å². The number of hydrogen-bond acceptors (Lipinski definition) is 3. The molecule has 0 aliphatic heterocycles. The summed E-state index contributed by atoms with van der Waals surface area (Å²) in [6.45, 7) is 1.75. The smallest absolute Gasteiger partial charge is 0.416 e. The number of ether oxygens (including phenoxy) is 1. The maximum absolute atomic E-state index is 12.9. The molecule has 0 aliphatic rings. The van der Waals surface area contributed by atoms with Crippen molar-refractivity contribution in [2.75, 3.05) is 6.61 Å². The lowest BCUT2D eigenvalue weighted by molar-refractivity contribution is -0.143. The monoisotopic (exact) mass is 294 g/mol. The van der Waals surface area contributed by atoms with Crippen molar-refractivity contribution in [3.63, 3.8) is 0 Å². The Hall–Kier alpha value is -1.63. The molecular weight excluding hydrogens is 280 g/mol. The van der Waals surface area contributed by atoms with Crippen molar-refractivity contribution in [1.29, 1.82) is 0 Å². The van der Waals surface area contributed by atoms with Crippen LogP contribution < -0.4 is 0 Å². The Bertz CT molecular complexity index is 471. The Morgan fingerprint density at radius 1 is 1.40 bits per heavy atom. The van der Waals surface area contributed by atoms with Gasteiger partial charge in [0.2, 0.25) is 0 Å². The van der Waals surface area contributed by atoms with Crippen molar-refractivity contribution in [2.24, 2.45) is 0 Å². The normalized spacial score (nSPS) is 13.1. The molecule has 1 atom stereocenters. The van der Waals surface area contributed by atoms with E-state index in [1.165, 1.54) is 0 Å². The zero-order valence-corrected chi connectivity index (χ0v) is 10.7. The molecule has 0 saturated heterocycles. The molecule has 1 N–H and O–H groups in total. The molecular formula is C13H14F4O3. The predicted octanol–water partition coefficient (Wildman–Crippen LogP) is 3.22. The first-order valence-corrected chi connectivity index (χ1v) is 5.96. The minimum Gasteiger partial charge on any atom is -0.466 e. The van der Waals surface area contributed by atoms with Gasteiger partial charge >= 0.3 is 12.1 Å². The minimum absolute atomic E-state index is 0.152. The minimum atomic E-state index is -4.78. The Balaban J connectivity index is 2.87. The molecule has 0 fully saturated rings. The average Bonchev–Trinajstić information content (AvgIpc) is 2.35. The van der Waals surface area contributed by atoms with Gasteiger partial charge in [0.25, 0.3) is 0 Å². The summed E-state index contributed by atoms with van der Waals surface area (Å²) in [5.41, 5.74) is -1.70. The zero-order valence-electron chi connectivity index (χ0n) is 10.7. The number of halogens is 4. The van der Waals surface area contributed by atoms with Gasteiger partial charge in [-0.25, -0.2) is 4.39 Å². The summed E-state index contributed by atoms with van der Waals surface area (Å²) in [5.74, 6) is -1.65. The van der Waals surface area contributed by atoms with E-state index in [0.29, 0.717) is 6.07 Å². The lowest BCUT2D eigenvalue weighted by atomic mass is 9.98. The Labute approximate surface area is 113 Å². The molecule has 0 amide bonds. The van der Waals surface area contributed by atoms with E-state index in [-0.39, 0.29) is 19.4 Å². The standard InChI is InChI=1S/C13H14F4O3/c1-2-20-12(19)6-5-11(18)9-4-3-8(14)7-10(9)13(15,16)17/h3-4,7,11,18H,2,5-6H2,1H3. The lowest BCUT2D eigenvalue weighted by Crippen LogP contribution is -2.14. The van der Waals surface area contributed by atoms with Crippen molar-refractivity contribution in [3.05, 3.63) is 35.1 Å². The summed E-state index contributed by atoms with van der Waals surface area (Å²) in [7, 11) is 0. The molecule has 0 heterocycles. The van der Waals surface area contributed by atoms with E-state index in [9.17, 15) is 27.5 Å². The first-order chi connectivity index (χ1) is 9.25. The maximum Gasteiger partial charge on any atom is 0.416 e. The number of carbonyl (C=O) groups excluding carboxylic acids is 1. The maximum atomic E-state index is 12.9. The van der Waals surface area contributed by atoms with Crippen LogP contribution >= 0.6 is 0 Å². The van der Waals surface area contributed by atoms with Crippen LogP contribution in [0.2, 0.25) is 0 Å². The first kappa shape index (κ1) is 16.4.